The number of hydrogen-bond donors (Lipinski definition) is 1. The lowest BCUT2D eigenvalue weighted by atomic mass is 9.82. The first-order chi connectivity index (χ1) is 7.83. The van der Waals surface area contributed by atoms with Gasteiger partial charge in [-0.25, -0.2) is 0 Å². The second-order valence-electron chi connectivity index (χ2n) is 5.22. The summed E-state index contributed by atoms with van der Waals surface area (Å²) in [4.78, 5) is 2.62. The maximum atomic E-state index is 6.11. The molecule has 2 bridgehead atoms. The average molecular weight is 220 g/mol. The minimum Gasteiger partial charge on any atom is -0.468 e. The van der Waals surface area contributed by atoms with E-state index in [9.17, 15) is 0 Å². The molecule has 3 nitrogen and oxygen atoms in total. The third-order valence-corrected chi connectivity index (χ3v) is 4.08. The van der Waals surface area contributed by atoms with Gasteiger partial charge in [-0.3, -0.25) is 4.90 Å². The Morgan fingerprint density at radius 2 is 2.06 bits per heavy atom. The van der Waals surface area contributed by atoms with E-state index >= 15 is 0 Å². The van der Waals surface area contributed by atoms with Crippen molar-refractivity contribution in [3.63, 3.8) is 0 Å². The fourth-order valence-corrected chi connectivity index (χ4v) is 3.36. The van der Waals surface area contributed by atoms with Crippen LogP contribution in [0.4, 0.5) is 0 Å². The minimum absolute atomic E-state index is 0.420. The standard InChI is InChI=1S/C13H20N2O/c14-10-7-11-3-1-4-12(8-10)15(11)9-13-5-2-6-16-13/h2,5-6,10-12H,1,3-4,7-9,14H2. The fraction of sp³-hybridized carbons (Fsp3) is 0.692. The van der Waals surface area contributed by atoms with Gasteiger partial charge in [0.1, 0.15) is 5.76 Å². The molecule has 0 spiro atoms. The smallest absolute Gasteiger partial charge is 0.117 e. The van der Waals surface area contributed by atoms with Crippen LogP contribution in [0.2, 0.25) is 0 Å². The Bertz CT molecular complexity index is 322. The van der Waals surface area contributed by atoms with Crippen LogP contribution in [0.1, 0.15) is 37.9 Å². The molecule has 3 heterocycles. The predicted octanol–water partition coefficient (Wildman–Crippen LogP) is 2.12. The quantitative estimate of drug-likeness (QED) is 0.830. The third kappa shape index (κ3) is 1.89. The van der Waals surface area contributed by atoms with Gasteiger partial charge >= 0.3 is 0 Å². The maximum Gasteiger partial charge on any atom is 0.117 e. The number of furan rings is 1. The molecule has 2 aliphatic heterocycles. The van der Waals surface area contributed by atoms with E-state index in [1.54, 1.807) is 6.26 Å². The average Bonchev–Trinajstić information content (AvgIpc) is 2.72. The van der Waals surface area contributed by atoms with Gasteiger partial charge in [-0.2, -0.15) is 0 Å². The van der Waals surface area contributed by atoms with Crippen molar-refractivity contribution in [3.8, 4) is 0 Å². The van der Waals surface area contributed by atoms with Crippen LogP contribution >= 0.6 is 0 Å². The summed E-state index contributed by atoms with van der Waals surface area (Å²) in [5.41, 5.74) is 6.11. The maximum absolute atomic E-state index is 6.11. The van der Waals surface area contributed by atoms with Crippen molar-refractivity contribution in [2.75, 3.05) is 0 Å². The van der Waals surface area contributed by atoms with Crippen molar-refractivity contribution in [2.45, 2.75) is 56.8 Å². The molecule has 3 heteroatoms. The van der Waals surface area contributed by atoms with Crippen LogP contribution in [0.5, 0.6) is 0 Å². The molecule has 2 N–H and O–H groups in total. The van der Waals surface area contributed by atoms with Gasteiger partial charge in [0.15, 0.2) is 0 Å². The first kappa shape index (κ1) is 10.4. The molecule has 2 atom stereocenters. The summed E-state index contributed by atoms with van der Waals surface area (Å²) in [5, 5.41) is 0. The van der Waals surface area contributed by atoms with Crippen LogP contribution in [0, 0.1) is 0 Å². The second-order valence-corrected chi connectivity index (χ2v) is 5.22. The molecule has 1 aromatic rings. The Morgan fingerprint density at radius 1 is 1.31 bits per heavy atom. The highest BCUT2D eigenvalue weighted by Crippen LogP contribution is 2.34. The zero-order valence-corrected chi connectivity index (χ0v) is 9.64. The molecule has 2 aliphatic rings. The van der Waals surface area contributed by atoms with Crippen molar-refractivity contribution >= 4 is 0 Å². The highest BCUT2D eigenvalue weighted by Gasteiger charge is 2.37. The summed E-state index contributed by atoms with van der Waals surface area (Å²) in [6, 6.07) is 5.84. The van der Waals surface area contributed by atoms with Crippen LogP contribution in [0.15, 0.2) is 22.8 Å². The zero-order valence-electron chi connectivity index (χ0n) is 9.64. The van der Waals surface area contributed by atoms with E-state index in [4.69, 9.17) is 10.2 Å². The SMILES string of the molecule is NC1CC2CCCC(C1)N2Cc1ccco1. The molecule has 0 aliphatic carbocycles. The van der Waals surface area contributed by atoms with Gasteiger partial charge in [0.05, 0.1) is 12.8 Å². The van der Waals surface area contributed by atoms with Crippen molar-refractivity contribution in [3.05, 3.63) is 24.2 Å². The second kappa shape index (κ2) is 4.22. The molecule has 0 aromatic carbocycles. The number of nitrogens with two attached hydrogens (primary N) is 1. The van der Waals surface area contributed by atoms with Gasteiger partial charge in [-0.1, -0.05) is 6.42 Å². The van der Waals surface area contributed by atoms with Gasteiger partial charge in [-0.05, 0) is 37.8 Å². The number of nitrogens with zero attached hydrogens (tertiary/aromatic N) is 1. The van der Waals surface area contributed by atoms with E-state index in [0.717, 1.165) is 25.1 Å². The number of fused-ring (bicyclic) bond motifs is 2. The minimum atomic E-state index is 0.420. The monoisotopic (exact) mass is 220 g/mol. The van der Waals surface area contributed by atoms with Crippen LogP contribution in [-0.2, 0) is 6.54 Å². The summed E-state index contributed by atoms with van der Waals surface area (Å²) >= 11 is 0. The van der Waals surface area contributed by atoms with Crippen LogP contribution in [-0.4, -0.2) is 23.0 Å². The molecular weight excluding hydrogens is 200 g/mol. The molecule has 0 amide bonds. The Morgan fingerprint density at radius 3 is 2.69 bits per heavy atom. The van der Waals surface area contributed by atoms with E-state index in [1.165, 1.54) is 19.3 Å². The first-order valence-corrected chi connectivity index (χ1v) is 6.36. The number of rotatable bonds is 2. The molecular formula is C13H20N2O. The summed E-state index contributed by atoms with van der Waals surface area (Å²) in [6.07, 6.45) is 8.09. The third-order valence-electron chi connectivity index (χ3n) is 4.08. The van der Waals surface area contributed by atoms with Gasteiger partial charge in [-0.15, -0.1) is 0 Å². The lowest BCUT2D eigenvalue weighted by molar-refractivity contribution is 0.0193. The Balaban J connectivity index is 1.74. The van der Waals surface area contributed by atoms with E-state index < -0.39 is 0 Å². The fourth-order valence-electron chi connectivity index (χ4n) is 3.36. The predicted molar refractivity (Wildman–Crippen MR) is 62.9 cm³/mol. The number of piperidine rings is 2. The normalized spacial score (nSPS) is 35.2. The lowest BCUT2D eigenvalue weighted by Gasteiger charge is -2.47. The molecule has 3 rings (SSSR count). The van der Waals surface area contributed by atoms with Gasteiger partial charge < -0.3 is 10.2 Å². The molecule has 1 aromatic heterocycles. The largest absolute Gasteiger partial charge is 0.468 e. The number of hydrogen-bond acceptors (Lipinski definition) is 3. The molecule has 2 unspecified atom stereocenters. The van der Waals surface area contributed by atoms with Crippen LogP contribution in [0.25, 0.3) is 0 Å². The Hall–Kier alpha value is -0.800. The molecule has 88 valence electrons. The van der Waals surface area contributed by atoms with Crippen molar-refractivity contribution in [1.29, 1.82) is 0 Å². The zero-order chi connectivity index (χ0) is 11.0. The topological polar surface area (TPSA) is 42.4 Å². The van der Waals surface area contributed by atoms with E-state index in [2.05, 4.69) is 11.0 Å². The van der Waals surface area contributed by atoms with Gasteiger partial charge in [0, 0.05) is 18.1 Å². The van der Waals surface area contributed by atoms with Crippen LogP contribution in [0.3, 0.4) is 0 Å². The summed E-state index contributed by atoms with van der Waals surface area (Å²) in [6.45, 7) is 0.967. The van der Waals surface area contributed by atoms with Crippen LogP contribution < -0.4 is 5.73 Å². The Labute approximate surface area is 96.6 Å². The molecule has 2 saturated heterocycles. The first-order valence-electron chi connectivity index (χ1n) is 6.36. The van der Waals surface area contributed by atoms with E-state index in [0.29, 0.717) is 18.1 Å². The summed E-state index contributed by atoms with van der Waals surface area (Å²) < 4.78 is 5.46. The molecule has 0 saturated carbocycles. The molecule has 16 heavy (non-hydrogen) atoms. The van der Waals surface area contributed by atoms with E-state index in [1.807, 2.05) is 6.07 Å². The Kier molecular flexibility index (Phi) is 2.74. The van der Waals surface area contributed by atoms with Gasteiger partial charge in [0.2, 0.25) is 0 Å². The highest BCUT2D eigenvalue weighted by molar-refractivity contribution is 5.02. The van der Waals surface area contributed by atoms with Gasteiger partial charge in [0.25, 0.3) is 0 Å². The summed E-state index contributed by atoms with van der Waals surface area (Å²) in [7, 11) is 0. The van der Waals surface area contributed by atoms with Crippen molar-refractivity contribution in [1.82, 2.24) is 4.90 Å². The lowest BCUT2D eigenvalue weighted by Crippen LogP contribution is -2.54. The molecule has 2 fully saturated rings. The van der Waals surface area contributed by atoms with E-state index in [-0.39, 0.29) is 0 Å². The highest BCUT2D eigenvalue weighted by atomic mass is 16.3. The van der Waals surface area contributed by atoms with Crippen molar-refractivity contribution < 1.29 is 4.42 Å². The van der Waals surface area contributed by atoms with Crippen molar-refractivity contribution in [2.24, 2.45) is 5.73 Å². The summed E-state index contributed by atoms with van der Waals surface area (Å²) in [5.74, 6) is 1.09. The molecule has 0 radical (unpaired) electrons.